The van der Waals surface area contributed by atoms with Gasteiger partial charge in [-0.25, -0.2) is 16.8 Å². The molecule has 0 saturated heterocycles. The summed E-state index contributed by atoms with van der Waals surface area (Å²) in [4.78, 5) is 0. The quantitative estimate of drug-likeness (QED) is 0.490. The van der Waals surface area contributed by atoms with Crippen molar-refractivity contribution in [1.29, 1.82) is 0 Å². The average Bonchev–Trinajstić information content (AvgIpc) is 1.86. The minimum Gasteiger partial charge on any atom is -0.745 e. The molecule has 13 heavy (non-hydrogen) atoms. The summed E-state index contributed by atoms with van der Waals surface area (Å²) in [6.45, 7) is 5.46. The molecule has 0 spiro atoms. The Bertz CT molecular complexity index is 280. The maximum absolute atomic E-state index is 9.33. The van der Waals surface area contributed by atoms with Gasteiger partial charge in [-0.1, -0.05) is 13.2 Å². The summed E-state index contributed by atoms with van der Waals surface area (Å²) in [7, 11) is -8.30. The van der Waals surface area contributed by atoms with Crippen molar-refractivity contribution in [2.45, 2.75) is 0 Å². The van der Waals surface area contributed by atoms with Crippen molar-refractivity contribution in [3.05, 3.63) is 24.0 Å². The van der Waals surface area contributed by atoms with Crippen molar-refractivity contribution in [1.82, 2.24) is 0 Å². The molecule has 0 aromatic rings. The molecule has 0 N–H and O–H groups in total. The van der Waals surface area contributed by atoms with Crippen LogP contribution in [0.15, 0.2) is 24.0 Å². The first kappa shape index (κ1) is 18.7. The fourth-order valence-electron chi connectivity index (χ4n) is 0. The van der Waals surface area contributed by atoms with Crippen molar-refractivity contribution in [3.63, 3.8) is 0 Å². The van der Waals surface area contributed by atoms with Crippen LogP contribution in [0.25, 0.3) is 0 Å². The Morgan fingerprint density at radius 1 is 0.846 bits per heavy atom. The monoisotopic (exact) mass is 278 g/mol. The van der Waals surface area contributed by atoms with Gasteiger partial charge in [0.15, 0.2) is 0 Å². The van der Waals surface area contributed by atoms with E-state index >= 15 is 0 Å². The zero-order valence-corrected chi connectivity index (χ0v) is 11.1. The van der Waals surface area contributed by atoms with Crippen molar-refractivity contribution in [2.75, 3.05) is 0 Å². The Balaban J connectivity index is -0.000000143. The van der Waals surface area contributed by atoms with E-state index in [0.717, 1.165) is 0 Å². The molecule has 0 aliphatic rings. The first-order chi connectivity index (χ1) is 5.12. The second-order valence-corrected chi connectivity index (χ2v) is 3.96. The van der Waals surface area contributed by atoms with Gasteiger partial charge in [-0.2, -0.15) is 0 Å². The standard InChI is InChI=1S/2C2H4O3S.Zn/c2*1-2-6(3,4)5;/h2*2H,1H2,(H,3,4,5);/q;;+2/p-2. The molecule has 0 amide bonds. The Morgan fingerprint density at radius 2 is 0.923 bits per heavy atom. The van der Waals surface area contributed by atoms with Crippen molar-refractivity contribution >= 4 is 20.2 Å². The first-order valence-corrected chi connectivity index (χ1v) is 5.23. The van der Waals surface area contributed by atoms with E-state index in [1.54, 1.807) is 0 Å². The van der Waals surface area contributed by atoms with Gasteiger partial charge in [0, 0.05) is 10.8 Å². The average molecular weight is 280 g/mol. The minimum atomic E-state index is -4.15. The van der Waals surface area contributed by atoms with Gasteiger partial charge in [0.25, 0.3) is 0 Å². The second-order valence-electron chi connectivity index (χ2n) is 1.32. The van der Waals surface area contributed by atoms with E-state index < -0.39 is 20.2 Å². The van der Waals surface area contributed by atoms with Gasteiger partial charge in [-0.05, 0) is 0 Å². The SMILES string of the molecule is C=CS(=O)(=O)[O-].C=CS(=O)(=O)[O-].[Zn+2]. The molecule has 0 radical (unpaired) electrons. The third kappa shape index (κ3) is 33.5. The van der Waals surface area contributed by atoms with E-state index in [-0.39, 0.29) is 19.5 Å². The van der Waals surface area contributed by atoms with Crippen molar-refractivity contribution in [3.8, 4) is 0 Å². The van der Waals surface area contributed by atoms with E-state index in [9.17, 15) is 25.9 Å². The zero-order valence-electron chi connectivity index (χ0n) is 6.54. The summed E-state index contributed by atoms with van der Waals surface area (Å²) in [6, 6.07) is 0. The Kier molecular flexibility index (Phi) is 10.5. The maximum Gasteiger partial charge on any atom is 2.00 e. The van der Waals surface area contributed by atoms with Crippen LogP contribution in [0.2, 0.25) is 0 Å². The van der Waals surface area contributed by atoms with Crippen LogP contribution in [0.4, 0.5) is 0 Å². The van der Waals surface area contributed by atoms with Gasteiger partial charge in [0.2, 0.25) is 0 Å². The molecule has 0 aromatic carbocycles. The van der Waals surface area contributed by atoms with Crippen LogP contribution in [0, 0.1) is 0 Å². The number of hydrogen-bond donors (Lipinski definition) is 0. The van der Waals surface area contributed by atoms with Crippen LogP contribution in [0.1, 0.15) is 0 Å². The smallest absolute Gasteiger partial charge is 0.745 e. The van der Waals surface area contributed by atoms with E-state index in [4.69, 9.17) is 0 Å². The molecule has 0 rings (SSSR count). The van der Waals surface area contributed by atoms with Gasteiger partial charge in [0.05, 0.1) is 0 Å². The van der Waals surface area contributed by atoms with E-state index in [2.05, 4.69) is 13.2 Å². The fourth-order valence-corrected chi connectivity index (χ4v) is 0. The molecule has 0 aromatic heterocycles. The molecule has 0 aliphatic heterocycles. The third-order valence-electron chi connectivity index (χ3n) is 0.408. The second kappa shape index (κ2) is 7.34. The normalized spacial score (nSPS) is 10.0. The zero-order chi connectivity index (χ0) is 10.4. The van der Waals surface area contributed by atoms with Crippen molar-refractivity contribution < 1.29 is 45.4 Å². The van der Waals surface area contributed by atoms with Crippen molar-refractivity contribution in [2.24, 2.45) is 0 Å². The summed E-state index contributed by atoms with van der Waals surface area (Å²) in [6.07, 6.45) is 0. The Labute approximate surface area is 89.6 Å². The number of hydrogen-bond acceptors (Lipinski definition) is 6. The fraction of sp³-hybridized carbons (Fsp3) is 0. The summed E-state index contributed by atoms with van der Waals surface area (Å²) in [5.41, 5.74) is 0. The molecule has 72 valence electrons. The molecule has 0 heterocycles. The maximum atomic E-state index is 9.33. The van der Waals surface area contributed by atoms with E-state index in [1.165, 1.54) is 0 Å². The van der Waals surface area contributed by atoms with Crippen LogP contribution >= 0.6 is 0 Å². The van der Waals surface area contributed by atoms with Gasteiger partial charge in [-0.3, -0.25) is 0 Å². The first-order valence-electron chi connectivity index (χ1n) is 2.29. The molecule has 9 heteroatoms. The van der Waals surface area contributed by atoms with Crippen LogP contribution in [0.3, 0.4) is 0 Å². The van der Waals surface area contributed by atoms with Crippen LogP contribution < -0.4 is 0 Å². The third-order valence-corrected chi connectivity index (χ3v) is 1.22. The molecule has 0 bridgehead atoms. The molecule has 0 atom stereocenters. The Hall–Kier alpha value is -0.0766. The largest absolute Gasteiger partial charge is 2.00 e. The van der Waals surface area contributed by atoms with Gasteiger partial charge in [-0.15, -0.1) is 0 Å². The van der Waals surface area contributed by atoms with Gasteiger partial charge >= 0.3 is 19.5 Å². The van der Waals surface area contributed by atoms with Crippen LogP contribution in [-0.4, -0.2) is 25.9 Å². The summed E-state index contributed by atoms with van der Waals surface area (Å²) in [5.74, 6) is 0. The molecule has 0 aliphatic carbocycles. The molecular formula is C4H6O6S2Zn. The van der Waals surface area contributed by atoms with Gasteiger partial charge in [0.1, 0.15) is 20.2 Å². The summed E-state index contributed by atoms with van der Waals surface area (Å²) in [5, 5.41) is 0.708. The molecule has 0 fully saturated rings. The predicted molar refractivity (Wildman–Crippen MR) is 39.8 cm³/mol. The van der Waals surface area contributed by atoms with Gasteiger partial charge < -0.3 is 9.11 Å². The van der Waals surface area contributed by atoms with E-state index in [1.807, 2.05) is 0 Å². The van der Waals surface area contributed by atoms with Crippen LogP contribution in [0.5, 0.6) is 0 Å². The Morgan fingerprint density at radius 3 is 0.923 bits per heavy atom. The topological polar surface area (TPSA) is 114 Å². The van der Waals surface area contributed by atoms with Crippen LogP contribution in [-0.2, 0) is 39.7 Å². The van der Waals surface area contributed by atoms with E-state index in [0.29, 0.717) is 10.8 Å². The molecule has 0 unspecified atom stereocenters. The molecule has 0 saturated carbocycles. The molecule has 6 nitrogen and oxygen atoms in total. The molecular weight excluding hydrogens is 274 g/mol. The number of rotatable bonds is 2. The minimum absolute atomic E-state index is 0. The summed E-state index contributed by atoms with van der Waals surface area (Å²) < 4.78 is 56.0. The predicted octanol–water partition coefficient (Wildman–Crippen LogP) is -0.652. The summed E-state index contributed by atoms with van der Waals surface area (Å²) >= 11 is 0.